The first kappa shape index (κ1) is 12.4. The van der Waals surface area contributed by atoms with Gasteiger partial charge in [0.25, 0.3) is 0 Å². The molecule has 1 aromatic rings. The van der Waals surface area contributed by atoms with Crippen LogP contribution in [0, 0.1) is 0 Å². The van der Waals surface area contributed by atoms with Crippen LogP contribution in [0.3, 0.4) is 0 Å². The molecular weight excluding hydrogens is 213 g/mol. The van der Waals surface area contributed by atoms with Gasteiger partial charge in [-0.15, -0.1) is 0 Å². The molecule has 0 saturated carbocycles. The van der Waals surface area contributed by atoms with Crippen molar-refractivity contribution in [2.45, 2.75) is 5.41 Å². The van der Waals surface area contributed by atoms with E-state index in [-0.39, 0.29) is 12.3 Å². The lowest BCUT2D eigenvalue weighted by Gasteiger charge is -2.26. The summed E-state index contributed by atoms with van der Waals surface area (Å²) in [6.07, 6.45) is 0. The molecule has 1 aromatic carbocycles. The van der Waals surface area contributed by atoms with Gasteiger partial charge in [-0.2, -0.15) is 0 Å². The van der Waals surface area contributed by atoms with E-state index in [4.69, 9.17) is 5.73 Å². The van der Waals surface area contributed by atoms with Gasteiger partial charge in [-0.05, 0) is 17.7 Å². The first-order valence-corrected chi connectivity index (χ1v) is 4.74. The van der Waals surface area contributed by atoms with E-state index in [0.29, 0.717) is 5.56 Å². The van der Waals surface area contributed by atoms with Gasteiger partial charge in [0.05, 0.1) is 7.11 Å². The summed E-state index contributed by atoms with van der Waals surface area (Å²) >= 11 is 0. The molecule has 4 nitrogen and oxygen atoms in total. The van der Waals surface area contributed by atoms with Crippen LogP contribution >= 0.6 is 0 Å². The van der Waals surface area contributed by atoms with Crippen LogP contribution in [0.5, 0.6) is 5.75 Å². The van der Waals surface area contributed by atoms with E-state index in [9.17, 15) is 14.3 Å². The standard InChI is InChI=1S/C11H14FNO3/c1-16-10(15)11(6-12,7-13)8-3-2-4-9(14)5-8/h2-5,14H,6-7,13H2,1H3. The molecule has 0 fully saturated rings. The molecule has 0 amide bonds. The number of halogens is 1. The minimum atomic E-state index is -1.53. The van der Waals surface area contributed by atoms with Crippen LogP contribution in [-0.2, 0) is 14.9 Å². The molecular formula is C11H14FNO3. The Balaban J connectivity index is 3.25. The highest BCUT2D eigenvalue weighted by atomic mass is 19.1. The summed E-state index contributed by atoms with van der Waals surface area (Å²) in [7, 11) is 1.17. The Morgan fingerprint density at radius 2 is 2.31 bits per heavy atom. The molecule has 1 rings (SSSR count). The van der Waals surface area contributed by atoms with Gasteiger partial charge in [0.1, 0.15) is 17.8 Å². The second kappa shape index (κ2) is 4.94. The van der Waals surface area contributed by atoms with Crippen molar-refractivity contribution in [1.82, 2.24) is 0 Å². The molecule has 0 radical (unpaired) electrons. The summed E-state index contributed by atoms with van der Waals surface area (Å²) in [5, 5.41) is 9.31. The summed E-state index contributed by atoms with van der Waals surface area (Å²) < 4.78 is 17.7. The number of carbonyl (C=O) groups excluding carboxylic acids is 1. The fourth-order valence-electron chi connectivity index (χ4n) is 1.50. The SMILES string of the molecule is COC(=O)C(CN)(CF)c1cccc(O)c1. The number of phenolic OH excluding ortho intramolecular Hbond substituents is 1. The highest BCUT2D eigenvalue weighted by Crippen LogP contribution is 2.28. The van der Waals surface area contributed by atoms with Crippen molar-refractivity contribution in [1.29, 1.82) is 0 Å². The van der Waals surface area contributed by atoms with E-state index in [0.717, 1.165) is 0 Å². The van der Waals surface area contributed by atoms with Crippen LogP contribution in [-0.4, -0.2) is 31.4 Å². The van der Waals surface area contributed by atoms with Gasteiger partial charge < -0.3 is 15.6 Å². The summed E-state index contributed by atoms with van der Waals surface area (Å²) in [6.45, 7) is -1.20. The molecule has 0 aliphatic rings. The molecule has 0 spiro atoms. The summed E-state index contributed by atoms with van der Waals surface area (Å²) in [5.41, 5.74) is 4.23. The molecule has 1 atom stereocenters. The van der Waals surface area contributed by atoms with Crippen LogP contribution in [0.1, 0.15) is 5.56 Å². The van der Waals surface area contributed by atoms with E-state index < -0.39 is 18.1 Å². The van der Waals surface area contributed by atoms with Crippen molar-refractivity contribution < 1.29 is 19.0 Å². The number of aromatic hydroxyl groups is 1. The van der Waals surface area contributed by atoms with Crippen LogP contribution in [0.2, 0.25) is 0 Å². The van der Waals surface area contributed by atoms with Crippen molar-refractivity contribution in [2.24, 2.45) is 5.73 Å². The Bertz CT molecular complexity index is 377. The number of ether oxygens (including phenoxy) is 1. The maximum absolute atomic E-state index is 13.1. The van der Waals surface area contributed by atoms with Crippen molar-refractivity contribution >= 4 is 5.97 Å². The normalized spacial score (nSPS) is 14.2. The van der Waals surface area contributed by atoms with Crippen molar-refractivity contribution in [2.75, 3.05) is 20.3 Å². The quantitative estimate of drug-likeness (QED) is 0.744. The van der Waals surface area contributed by atoms with Crippen LogP contribution in [0.15, 0.2) is 24.3 Å². The number of phenols is 1. The summed E-state index contributed by atoms with van der Waals surface area (Å²) in [5.74, 6) is -0.796. The molecule has 0 saturated heterocycles. The smallest absolute Gasteiger partial charge is 0.320 e. The number of hydrogen-bond donors (Lipinski definition) is 2. The maximum atomic E-state index is 13.1. The van der Waals surface area contributed by atoms with E-state index in [1.165, 1.54) is 31.4 Å². The van der Waals surface area contributed by atoms with Gasteiger partial charge in [-0.1, -0.05) is 12.1 Å². The topological polar surface area (TPSA) is 72.5 Å². The summed E-state index contributed by atoms with van der Waals surface area (Å²) in [6, 6.07) is 5.79. The lowest BCUT2D eigenvalue weighted by atomic mass is 9.81. The Morgan fingerprint density at radius 3 is 2.75 bits per heavy atom. The van der Waals surface area contributed by atoms with Crippen LogP contribution < -0.4 is 5.73 Å². The van der Waals surface area contributed by atoms with Crippen molar-refractivity contribution in [3.8, 4) is 5.75 Å². The van der Waals surface area contributed by atoms with Gasteiger partial charge in [0, 0.05) is 6.54 Å². The first-order chi connectivity index (χ1) is 7.60. The predicted molar refractivity (Wildman–Crippen MR) is 56.8 cm³/mol. The lowest BCUT2D eigenvalue weighted by molar-refractivity contribution is -0.147. The number of carbonyl (C=O) groups is 1. The minimum absolute atomic E-state index is 0.0484. The number of nitrogens with two attached hydrogens (primary N) is 1. The monoisotopic (exact) mass is 227 g/mol. The Labute approximate surface area is 92.8 Å². The summed E-state index contributed by atoms with van der Waals surface area (Å²) in [4.78, 5) is 11.6. The highest BCUT2D eigenvalue weighted by Gasteiger charge is 2.40. The number of rotatable bonds is 4. The third-order valence-corrected chi connectivity index (χ3v) is 2.55. The van der Waals surface area contributed by atoms with E-state index in [2.05, 4.69) is 4.74 Å². The van der Waals surface area contributed by atoms with Gasteiger partial charge >= 0.3 is 5.97 Å². The number of methoxy groups -OCH3 is 1. The van der Waals surface area contributed by atoms with Crippen LogP contribution in [0.25, 0.3) is 0 Å². The van der Waals surface area contributed by atoms with E-state index >= 15 is 0 Å². The molecule has 3 N–H and O–H groups in total. The second-order valence-corrected chi connectivity index (χ2v) is 3.46. The van der Waals surface area contributed by atoms with Crippen LogP contribution in [0.4, 0.5) is 4.39 Å². The largest absolute Gasteiger partial charge is 0.508 e. The molecule has 0 aliphatic heterocycles. The fraction of sp³-hybridized carbons (Fsp3) is 0.364. The Morgan fingerprint density at radius 1 is 1.62 bits per heavy atom. The second-order valence-electron chi connectivity index (χ2n) is 3.46. The van der Waals surface area contributed by atoms with Gasteiger partial charge in [-0.25, -0.2) is 4.39 Å². The van der Waals surface area contributed by atoms with Gasteiger partial charge in [-0.3, -0.25) is 4.79 Å². The average Bonchev–Trinajstić information content (AvgIpc) is 2.31. The Kier molecular flexibility index (Phi) is 3.84. The minimum Gasteiger partial charge on any atom is -0.508 e. The zero-order valence-electron chi connectivity index (χ0n) is 8.94. The van der Waals surface area contributed by atoms with Gasteiger partial charge in [0.2, 0.25) is 0 Å². The lowest BCUT2D eigenvalue weighted by Crippen LogP contribution is -2.45. The predicted octanol–water partition coefficient (Wildman–Crippen LogP) is 0.731. The fourth-order valence-corrected chi connectivity index (χ4v) is 1.50. The van der Waals surface area contributed by atoms with Gasteiger partial charge in [0.15, 0.2) is 0 Å². The molecule has 0 heterocycles. The maximum Gasteiger partial charge on any atom is 0.320 e. The average molecular weight is 227 g/mol. The molecule has 88 valence electrons. The van der Waals surface area contributed by atoms with Crippen molar-refractivity contribution in [3.63, 3.8) is 0 Å². The number of hydrogen-bond acceptors (Lipinski definition) is 4. The first-order valence-electron chi connectivity index (χ1n) is 4.74. The zero-order chi connectivity index (χ0) is 12.2. The zero-order valence-corrected chi connectivity index (χ0v) is 8.94. The molecule has 0 aromatic heterocycles. The van der Waals surface area contributed by atoms with Crippen molar-refractivity contribution in [3.05, 3.63) is 29.8 Å². The molecule has 16 heavy (non-hydrogen) atoms. The number of benzene rings is 1. The Hall–Kier alpha value is -1.62. The molecule has 0 bridgehead atoms. The molecule has 0 aliphatic carbocycles. The number of alkyl halides is 1. The molecule has 5 heteroatoms. The number of esters is 1. The van der Waals surface area contributed by atoms with E-state index in [1.807, 2.05) is 0 Å². The van der Waals surface area contributed by atoms with E-state index in [1.54, 1.807) is 0 Å². The third kappa shape index (κ3) is 1.99. The highest BCUT2D eigenvalue weighted by molar-refractivity contribution is 5.84. The third-order valence-electron chi connectivity index (χ3n) is 2.55. The molecule has 1 unspecified atom stereocenters.